The molecule has 0 N–H and O–H groups in total. The molecule has 0 saturated heterocycles. The van der Waals surface area contributed by atoms with E-state index in [0.717, 1.165) is 17.1 Å². The number of benzene rings is 8. The summed E-state index contributed by atoms with van der Waals surface area (Å²) in [5, 5.41) is 3.79. The Kier molecular flexibility index (Phi) is 7.85. The molecule has 2 heteroatoms. The molecular weight excluding hydrogens is 653 g/mol. The lowest BCUT2D eigenvalue weighted by Crippen LogP contribution is -2.09. The van der Waals surface area contributed by atoms with Gasteiger partial charge < -0.3 is 9.30 Å². The Bertz CT molecular complexity index is 2790. The Balaban J connectivity index is 1.11. The smallest absolute Gasteiger partial charge is 0.0541 e. The van der Waals surface area contributed by atoms with Crippen molar-refractivity contribution >= 4 is 44.3 Å². The molecule has 0 spiro atoms. The third-order valence-corrected chi connectivity index (χ3v) is 10.6. The fraction of sp³-hybridized carbons (Fsp3) is 0. The lowest BCUT2D eigenvalue weighted by Gasteiger charge is -2.26. The maximum atomic E-state index is 2.35. The summed E-state index contributed by atoms with van der Waals surface area (Å²) in [5.74, 6) is 0. The van der Waals surface area contributed by atoms with E-state index in [1.54, 1.807) is 0 Å². The molecule has 0 aliphatic rings. The van der Waals surface area contributed by atoms with E-state index < -0.39 is 0 Å². The standard InChI is InChI=1S/C52H36N2/c1-4-13-37(14-5-1)39-22-29-44(30-23-39)54(45-31-24-40(25-32-45)38-15-6-2-7-16-38)46-33-26-41(27-34-46)47-20-12-19-43-28-35-49-52(50(43)47)51(42-17-8-3-9-18-42)48-21-10-11-36-53(48)49/h1-36H. The van der Waals surface area contributed by atoms with Gasteiger partial charge in [0.2, 0.25) is 0 Å². The van der Waals surface area contributed by atoms with Crippen molar-refractivity contribution < 1.29 is 0 Å². The molecule has 254 valence electrons. The summed E-state index contributed by atoms with van der Waals surface area (Å²) in [6.07, 6.45) is 2.18. The highest BCUT2D eigenvalue weighted by atomic mass is 15.1. The number of hydrogen-bond donors (Lipinski definition) is 0. The summed E-state index contributed by atoms with van der Waals surface area (Å²) in [5.41, 5.74) is 15.5. The van der Waals surface area contributed by atoms with Gasteiger partial charge in [0.25, 0.3) is 0 Å². The van der Waals surface area contributed by atoms with Crippen LogP contribution in [0.1, 0.15) is 0 Å². The first-order chi connectivity index (χ1) is 26.8. The van der Waals surface area contributed by atoms with E-state index in [0.29, 0.717) is 0 Å². The molecule has 0 radical (unpaired) electrons. The third kappa shape index (κ3) is 5.53. The summed E-state index contributed by atoms with van der Waals surface area (Å²) in [6, 6.07) is 76.6. The van der Waals surface area contributed by atoms with E-state index in [2.05, 4.69) is 228 Å². The molecule has 0 amide bonds. The average molecular weight is 689 g/mol. The topological polar surface area (TPSA) is 7.65 Å². The van der Waals surface area contributed by atoms with E-state index in [-0.39, 0.29) is 0 Å². The molecule has 2 aromatic heterocycles. The number of nitrogens with zero attached hydrogens (tertiary/aromatic N) is 2. The average Bonchev–Trinajstić information content (AvgIpc) is 3.60. The first kappa shape index (κ1) is 31.6. The van der Waals surface area contributed by atoms with Crippen LogP contribution in [0, 0.1) is 0 Å². The Morgan fingerprint density at radius 3 is 1.33 bits per heavy atom. The predicted molar refractivity (Wildman–Crippen MR) is 229 cm³/mol. The van der Waals surface area contributed by atoms with Crippen LogP contribution in [0.2, 0.25) is 0 Å². The van der Waals surface area contributed by atoms with E-state index in [9.17, 15) is 0 Å². The molecule has 0 aliphatic carbocycles. The lowest BCUT2D eigenvalue weighted by molar-refractivity contribution is 1.26. The molecule has 10 rings (SSSR count). The van der Waals surface area contributed by atoms with Crippen LogP contribution in [0.25, 0.3) is 71.7 Å². The maximum Gasteiger partial charge on any atom is 0.0541 e. The number of rotatable bonds is 7. The van der Waals surface area contributed by atoms with Crippen molar-refractivity contribution in [2.24, 2.45) is 0 Å². The van der Waals surface area contributed by atoms with Crippen LogP contribution < -0.4 is 4.90 Å². The summed E-state index contributed by atoms with van der Waals surface area (Å²) in [7, 11) is 0. The van der Waals surface area contributed by atoms with E-state index in [1.807, 2.05) is 0 Å². The van der Waals surface area contributed by atoms with E-state index >= 15 is 0 Å². The highest BCUT2D eigenvalue weighted by Gasteiger charge is 2.19. The van der Waals surface area contributed by atoms with E-state index in [4.69, 9.17) is 0 Å². The number of pyridine rings is 1. The van der Waals surface area contributed by atoms with Crippen molar-refractivity contribution in [1.82, 2.24) is 4.40 Å². The Labute approximate surface area is 315 Å². The number of hydrogen-bond acceptors (Lipinski definition) is 1. The second kappa shape index (κ2) is 13.4. The molecule has 0 bridgehead atoms. The van der Waals surface area contributed by atoms with Crippen LogP contribution in [0.5, 0.6) is 0 Å². The summed E-state index contributed by atoms with van der Waals surface area (Å²) < 4.78 is 2.33. The van der Waals surface area contributed by atoms with Gasteiger partial charge in [0, 0.05) is 34.2 Å². The predicted octanol–water partition coefficient (Wildman–Crippen LogP) is 14.4. The van der Waals surface area contributed by atoms with Crippen LogP contribution in [0.4, 0.5) is 17.1 Å². The monoisotopic (exact) mass is 688 g/mol. The highest BCUT2D eigenvalue weighted by molar-refractivity contribution is 6.22. The molecule has 0 unspecified atom stereocenters. The first-order valence-electron chi connectivity index (χ1n) is 18.5. The minimum atomic E-state index is 1.10. The van der Waals surface area contributed by atoms with Crippen LogP contribution in [-0.4, -0.2) is 4.40 Å². The van der Waals surface area contributed by atoms with Gasteiger partial charge in [-0.2, -0.15) is 0 Å². The largest absolute Gasteiger partial charge is 0.316 e. The van der Waals surface area contributed by atoms with Gasteiger partial charge >= 0.3 is 0 Å². The Morgan fingerprint density at radius 2 is 0.778 bits per heavy atom. The van der Waals surface area contributed by atoms with Crippen LogP contribution in [-0.2, 0) is 0 Å². The number of fused-ring (bicyclic) bond motifs is 5. The van der Waals surface area contributed by atoms with Gasteiger partial charge in [-0.05, 0) is 104 Å². The quantitative estimate of drug-likeness (QED) is 0.162. The van der Waals surface area contributed by atoms with Gasteiger partial charge in [0.1, 0.15) is 0 Å². The zero-order valence-corrected chi connectivity index (χ0v) is 29.7. The molecule has 2 nitrogen and oxygen atoms in total. The molecule has 0 aliphatic heterocycles. The van der Waals surface area contributed by atoms with Gasteiger partial charge in [-0.3, -0.25) is 0 Å². The molecule has 10 aromatic rings. The zero-order chi connectivity index (χ0) is 35.8. The first-order valence-corrected chi connectivity index (χ1v) is 18.5. The van der Waals surface area contributed by atoms with Crippen molar-refractivity contribution in [3.05, 3.63) is 219 Å². The summed E-state index contributed by atoms with van der Waals surface area (Å²) in [6.45, 7) is 0. The van der Waals surface area contributed by atoms with E-state index in [1.165, 1.54) is 71.7 Å². The second-order valence-electron chi connectivity index (χ2n) is 13.8. The molecular formula is C52H36N2. The number of anilines is 3. The molecule has 0 atom stereocenters. The lowest BCUT2D eigenvalue weighted by atomic mass is 9.92. The Morgan fingerprint density at radius 1 is 0.296 bits per heavy atom. The van der Waals surface area contributed by atoms with Gasteiger partial charge in [-0.25, -0.2) is 0 Å². The Hall–Kier alpha value is -7.16. The normalized spacial score (nSPS) is 11.3. The fourth-order valence-corrected chi connectivity index (χ4v) is 8.05. The SMILES string of the molecule is c1ccc(-c2ccc(N(c3ccc(-c4ccccc4)cc3)c3ccc(-c4cccc5ccc6c(c(-c7ccccc7)c7ccccn76)c45)cc3)cc2)cc1. The molecule has 54 heavy (non-hydrogen) atoms. The van der Waals surface area contributed by atoms with Crippen LogP contribution in [0.15, 0.2) is 219 Å². The van der Waals surface area contributed by atoms with Crippen molar-refractivity contribution in [1.29, 1.82) is 0 Å². The second-order valence-corrected chi connectivity index (χ2v) is 13.8. The van der Waals surface area contributed by atoms with Crippen LogP contribution >= 0.6 is 0 Å². The summed E-state index contributed by atoms with van der Waals surface area (Å²) in [4.78, 5) is 2.35. The van der Waals surface area contributed by atoms with Gasteiger partial charge in [-0.1, -0.05) is 158 Å². The molecule has 8 aromatic carbocycles. The minimum Gasteiger partial charge on any atom is -0.316 e. The van der Waals surface area contributed by atoms with Gasteiger partial charge in [0.15, 0.2) is 0 Å². The maximum absolute atomic E-state index is 2.35. The fourth-order valence-electron chi connectivity index (χ4n) is 8.05. The molecule has 2 heterocycles. The van der Waals surface area contributed by atoms with Crippen molar-refractivity contribution in [3.8, 4) is 44.5 Å². The zero-order valence-electron chi connectivity index (χ0n) is 29.7. The highest BCUT2D eigenvalue weighted by Crippen LogP contribution is 2.44. The summed E-state index contributed by atoms with van der Waals surface area (Å²) >= 11 is 0. The minimum absolute atomic E-state index is 1.10. The van der Waals surface area contributed by atoms with Crippen molar-refractivity contribution in [2.45, 2.75) is 0 Å². The third-order valence-electron chi connectivity index (χ3n) is 10.6. The number of aromatic nitrogens is 1. The van der Waals surface area contributed by atoms with Gasteiger partial charge in [0.05, 0.1) is 11.0 Å². The molecule has 0 saturated carbocycles. The van der Waals surface area contributed by atoms with Crippen LogP contribution in [0.3, 0.4) is 0 Å². The van der Waals surface area contributed by atoms with Gasteiger partial charge in [-0.15, -0.1) is 0 Å². The van der Waals surface area contributed by atoms with Crippen molar-refractivity contribution in [2.75, 3.05) is 4.90 Å². The van der Waals surface area contributed by atoms with Crippen molar-refractivity contribution in [3.63, 3.8) is 0 Å². The molecule has 0 fully saturated rings.